The smallest absolute Gasteiger partial charge is 0.279 e. The monoisotopic (exact) mass is 371 g/mol. The van der Waals surface area contributed by atoms with Crippen molar-refractivity contribution < 1.29 is 14.7 Å². The van der Waals surface area contributed by atoms with Crippen LogP contribution in [0.3, 0.4) is 0 Å². The van der Waals surface area contributed by atoms with E-state index in [1.54, 1.807) is 6.08 Å². The van der Waals surface area contributed by atoms with Crippen LogP contribution in [0.2, 0.25) is 0 Å². The van der Waals surface area contributed by atoms with E-state index in [2.05, 4.69) is 32.6 Å². The van der Waals surface area contributed by atoms with Crippen molar-refractivity contribution in [1.29, 1.82) is 0 Å². The minimum atomic E-state index is -0.598. The van der Waals surface area contributed by atoms with E-state index in [0.29, 0.717) is 13.1 Å². The molecule has 2 amide bonds. The van der Waals surface area contributed by atoms with Gasteiger partial charge in [-0.15, -0.1) is 0 Å². The standard InChI is InChI=1S/C19H25N5O3/c1-3-13(11-23-18(26)14-6-4-8-21-12-14)10-16(20-2)24-19(27)17-15(25)7-5-9-22-17/h3,5,7,9-10,14,21,25H,2,4,6,8,11-12H2,1H3,(H,23,26)(H,24,27)/b13-3+,16-10+. The summed E-state index contributed by atoms with van der Waals surface area (Å²) in [5.74, 6) is -0.639. The molecule has 0 spiro atoms. The van der Waals surface area contributed by atoms with Crippen molar-refractivity contribution in [3.63, 3.8) is 0 Å². The summed E-state index contributed by atoms with van der Waals surface area (Å²) in [5, 5.41) is 18.4. The van der Waals surface area contributed by atoms with Crippen molar-refractivity contribution in [1.82, 2.24) is 20.9 Å². The van der Waals surface area contributed by atoms with Gasteiger partial charge in [0.05, 0.1) is 5.92 Å². The first-order valence-electron chi connectivity index (χ1n) is 8.82. The van der Waals surface area contributed by atoms with Crippen LogP contribution in [-0.4, -0.2) is 48.3 Å². The number of carbonyl (C=O) groups is 2. The number of allylic oxidation sites excluding steroid dienone is 1. The van der Waals surface area contributed by atoms with Crippen LogP contribution in [0.5, 0.6) is 5.75 Å². The van der Waals surface area contributed by atoms with Gasteiger partial charge in [0, 0.05) is 19.3 Å². The molecule has 1 unspecified atom stereocenters. The van der Waals surface area contributed by atoms with Gasteiger partial charge < -0.3 is 21.1 Å². The zero-order chi connectivity index (χ0) is 19.6. The number of aliphatic imine (C=N–C) groups is 1. The molecule has 0 radical (unpaired) electrons. The van der Waals surface area contributed by atoms with E-state index >= 15 is 0 Å². The first kappa shape index (κ1) is 20.3. The van der Waals surface area contributed by atoms with Gasteiger partial charge >= 0.3 is 0 Å². The van der Waals surface area contributed by atoms with Gasteiger partial charge in [0.15, 0.2) is 5.69 Å². The molecule has 1 saturated heterocycles. The van der Waals surface area contributed by atoms with E-state index < -0.39 is 5.91 Å². The molecule has 2 rings (SSSR count). The highest BCUT2D eigenvalue weighted by molar-refractivity contribution is 5.95. The van der Waals surface area contributed by atoms with E-state index in [4.69, 9.17) is 0 Å². The Morgan fingerprint density at radius 1 is 1.52 bits per heavy atom. The highest BCUT2D eigenvalue weighted by atomic mass is 16.3. The van der Waals surface area contributed by atoms with E-state index in [1.165, 1.54) is 18.3 Å². The topological polar surface area (TPSA) is 116 Å². The Bertz CT molecular complexity index is 751. The minimum Gasteiger partial charge on any atom is -0.505 e. The molecule has 0 aromatic carbocycles. The highest BCUT2D eigenvalue weighted by Gasteiger charge is 2.20. The SMILES string of the molecule is C=N/C(=C\C(=C/C)CNC(=O)C1CCCNC1)NC(=O)c1ncccc1O. The fourth-order valence-electron chi connectivity index (χ4n) is 2.69. The summed E-state index contributed by atoms with van der Waals surface area (Å²) >= 11 is 0. The molecule has 1 aliphatic heterocycles. The van der Waals surface area contributed by atoms with Crippen LogP contribution >= 0.6 is 0 Å². The van der Waals surface area contributed by atoms with Gasteiger partial charge in [-0.05, 0) is 56.8 Å². The average Bonchev–Trinajstić information content (AvgIpc) is 2.70. The number of aromatic hydroxyl groups is 1. The van der Waals surface area contributed by atoms with Gasteiger partial charge in [-0.3, -0.25) is 9.59 Å². The molecule has 1 aromatic heterocycles. The third-order valence-corrected chi connectivity index (χ3v) is 4.24. The molecule has 8 heteroatoms. The quantitative estimate of drug-likeness (QED) is 0.423. The molecule has 2 heterocycles. The molecule has 0 bridgehead atoms. The lowest BCUT2D eigenvalue weighted by molar-refractivity contribution is -0.125. The number of amides is 2. The van der Waals surface area contributed by atoms with Crippen LogP contribution in [-0.2, 0) is 4.79 Å². The van der Waals surface area contributed by atoms with Gasteiger partial charge in [-0.2, -0.15) is 0 Å². The molecule has 0 saturated carbocycles. The number of rotatable bonds is 7. The number of aromatic nitrogens is 1. The summed E-state index contributed by atoms with van der Waals surface area (Å²) in [4.78, 5) is 32.1. The lowest BCUT2D eigenvalue weighted by Gasteiger charge is -2.22. The van der Waals surface area contributed by atoms with Crippen LogP contribution in [0.25, 0.3) is 0 Å². The van der Waals surface area contributed by atoms with Gasteiger partial charge in [-0.25, -0.2) is 9.98 Å². The molecule has 1 aliphatic rings. The van der Waals surface area contributed by atoms with Gasteiger partial charge in [0.2, 0.25) is 5.91 Å². The second-order valence-corrected chi connectivity index (χ2v) is 6.14. The minimum absolute atomic E-state index is 0.00510. The molecule has 0 aliphatic carbocycles. The van der Waals surface area contributed by atoms with Crippen LogP contribution in [0.15, 0.2) is 46.9 Å². The third kappa shape index (κ3) is 6.03. The van der Waals surface area contributed by atoms with E-state index in [1.807, 2.05) is 13.0 Å². The van der Waals surface area contributed by atoms with Crippen LogP contribution in [0.4, 0.5) is 0 Å². The molecule has 27 heavy (non-hydrogen) atoms. The van der Waals surface area contributed by atoms with Gasteiger partial charge in [0.25, 0.3) is 5.91 Å². The highest BCUT2D eigenvalue weighted by Crippen LogP contribution is 2.13. The van der Waals surface area contributed by atoms with Crippen molar-refractivity contribution in [2.75, 3.05) is 19.6 Å². The summed E-state index contributed by atoms with van der Waals surface area (Å²) in [6, 6.07) is 2.90. The Balaban J connectivity index is 1.97. The summed E-state index contributed by atoms with van der Waals surface area (Å²) in [5.41, 5.74) is 0.659. The van der Waals surface area contributed by atoms with Crippen molar-refractivity contribution in [3.8, 4) is 5.75 Å². The molecule has 8 nitrogen and oxygen atoms in total. The Labute approximate surface area is 158 Å². The largest absolute Gasteiger partial charge is 0.505 e. The van der Waals surface area contributed by atoms with Crippen LogP contribution in [0, 0.1) is 5.92 Å². The average molecular weight is 371 g/mol. The lowest BCUT2D eigenvalue weighted by atomic mass is 9.99. The second kappa shape index (κ2) is 10.2. The Kier molecular flexibility index (Phi) is 7.69. The Morgan fingerprint density at radius 3 is 2.96 bits per heavy atom. The number of pyridine rings is 1. The normalized spacial score (nSPS) is 17.9. The first-order chi connectivity index (χ1) is 13.0. The summed E-state index contributed by atoms with van der Waals surface area (Å²) in [7, 11) is 0. The molecular formula is C19H25N5O3. The number of nitrogens with zero attached hydrogens (tertiary/aromatic N) is 2. The van der Waals surface area contributed by atoms with Crippen molar-refractivity contribution in [3.05, 3.63) is 47.6 Å². The molecule has 1 fully saturated rings. The molecule has 1 atom stereocenters. The second-order valence-electron chi connectivity index (χ2n) is 6.14. The fourth-order valence-corrected chi connectivity index (χ4v) is 2.69. The summed E-state index contributed by atoms with van der Waals surface area (Å²) < 4.78 is 0. The summed E-state index contributed by atoms with van der Waals surface area (Å²) in [6.07, 6.45) is 6.71. The van der Waals surface area contributed by atoms with E-state index in [0.717, 1.165) is 25.0 Å². The van der Waals surface area contributed by atoms with Crippen molar-refractivity contribution >= 4 is 18.5 Å². The van der Waals surface area contributed by atoms with Crippen molar-refractivity contribution in [2.24, 2.45) is 10.9 Å². The maximum atomic E-state index is 12.2. The summed E-state index contributed by atoms with van der Waals surface area (Å²) in [6.45, 7) is 7.23. The van der Waals surface area contributed by atoms with Gasteiger partial charge in [-0.1, -0.05) is 6.08 Å². The zero-order valence-electron chi connectivity index (χ0n) is 15.4. The predicted molar refractivity (Wildman–Crippen MR) is 103 cm³/mol. The zero-order valence-corrected chi connectivity index (χ0v) is 15.4. The molecule has 144 valence electrons. The fraction of sp³-hybridized carbons (Fsp3) is 0.368. The van der Waals surface area contributed by atoms with Crippen LogP contribution in [0.1, 0.15) is 30.3 Å². The number of carbonyl (C=O) groups excluding carboxylic acids is 2. The number of hydrogen-bond acceptors (Lipinski definition) is 6. The number of piperidine rings is 1. The Hall–Kier alpha value is -3.00. The van der Waals surface area contributed by atoms with Crippen LogP contribution < -0.4 is 16.0 Å². The Morgan fingerprint density at radius 2 is 2.33 bits per heavy atom. The predicted octanol–water partition coefficient (Wildman–Crippen LogP) is 1.12. The molecular weight excluding hydrogens is 346 g/mol. The number of nitrogens with one attached hydrogen (secondary N) is 3. The van der Waals surface area contributed by atoms with E-state index in [9.17, 15) is 14.7 Å². The maximum absolute atomic E-state index is 12.2. The number of hydrogen-bond donors (Lipinski definition) is 4. The van der Waals surface area contributed by atoms with Gasteiger partial charge in [0.1, 0.15) is 11.6 Å². The lowest BCUT2D eigenvalue weighted by Crippen LogP contribution is -2.41. The first-order valence-corrected chi connectivity index (χ1v) is 8.82. The maximum Gasteiger partial charge on any atom is 0.279 e. The third-order valence-electron chi connectivity index (χ3n) is 4.24. The van der Waals surface area contributed by atoms with Crippen molar-refractivity contribution in [2.45, 2.75) is 19.8 Å². The molecule has 4 N–H and O–H groups in total. The molecule has 1 aromatic rings. The van der Waals surface area contributed by atoms with E-state index in [-0.39, 0.29) is 29.1 Å².